The van der Waals surface area contributed by atoms with E-state index in [4.69, 9.17) is 21.7 Å². The van der Waals surface area contributed by atoms with Gasteiger partial charge in [-0.05, 0) is 44.2 Å². The molecule has 0 saturated carbocycles. The van der Waals surface area contributed by atoms with Crippen molar-refractivity contribution in [3.05, 3.63) is 0 Å². The van der Waals surface area contributed by atoms with Gasteiger partial charge < -0.3 is 37.6 Å². The minimum atomic E-state index is -1.17. The normalized spacial score (nSPS) is 13.9. The van der Waals surface area contributed by atoms with E-state index in [0.29, 0.717) is 31.6 Å². The first kappa shape index (κ1) is 26.1. The second-order valence-electron chi connectivity index (χ2n) is 6.09. The molecule has 0 aromatic heterocycles. The Kier molecular flexibility index (Phi) is 14.1. The SMILES string of the molecule is CSCCC(NC(=O)C(N)CO)C(=O)NCC(=O)NC(CCCCN)C(=O)O. The van der Waals surface area contributed by atoms with E-state index >= 15 is 0 Å². The molecule has 0 aliphatic carbocycles. The molecule has 3 unspecified atom stereocenters. The highest BCUT2D eigenvalue weighted by atomic mass is 32.2. The number of aliphatic hydroxyl groups excluding tert-OH is 1. The van der Waals surface area contributed by atoms with Gasteiger partial charge in [0.05, 0.1) is 13.2 Å². The van der Waals surface area contributed by atoms with E-state index in [0.717, 1.165) is 0 Å². The van der Waals surface area contributed by atoms with E-state index in [1.165, 1.54) is 11.8 Å². The molecule has 0 aliphatic rings. The van der Waals surface area contributed by atoms with Crippen LogP contribution in [0.2, 0.25) is 0 Å². The molecule has 9 N–H and O–H groups in total. The predicted octanol–water partition coefficient (Wildman–Crippen LogP) is -2.64. The minimum absolute atomic E-state index is 0.234. The second-order valence-corrected chi connectivity index (χ2v) is 7.08. The van der Waals surface area contributed by atoms with Crippen LogP contribution in [0.15, 0.2) is 0 Å². The first-order valence-corrected chi connectivity index (χ1v) is 10.3. The number of unbranched alkanes of at least 4 members (excludes halogenated alkanes) is 1. The van der Waals surface area contributed by atoms with Gasteiger partial charge in [-0.1, -0.05) is 0 Å². The zero-order chi connectivity index (χ0) is 21.5. The Hall–Kier alpha value is -1.89. The number of aliphatic carboxylic acids is 1. The third-order valence-electron chi connectivity index (χ3n) is 3.78. The van der Waals surface area contributed by atoms with Crippen LogP contribution < -0.4 is 27.4 Å². The number of hydrogen-bond donors (Lipinski definition) is 7. The average Bonchev–Trinajstić information content (AvgIpc) is 2.67. The highest BCUT2D eigenvalue weighted by Crippen LogP contribution is 2.02. The molecule has 0 bridgehead atoms. The molecule has 0 saturated heterocycles. The summed E-state index contributed by atoms with van der Waals surface area (Å²) in [6, 6.07) is -3.15. The lowest BCUT2D eigenvalue weighted by Crippen LogP contribution is -2.54. The van der Waals surface area contributed by atoms with Crippen molar-refractivity contribution >= 4 is 35.5 Å². The van der Waals surface area contributed by atoms with Gasteiger partial charge in [-0.2, -0.15) is 11.8 Å². The van der Waals surface area contributed by atoms with Gasteiger partial charge in [0.15, 0.2) is 0 Å². The van der Waals surface area contributed by atoms with Gasteiger partial charge in [0.2, 0.25) is 17.7 Å². The first-order valence-electron chi connectivity index (χ1n) is 8.92. The van der Waals surface area contributed by atoms with Gasteiger partial charge in [0, 0.05) is 0 Å². The van der Waals surface area contributed by atoms with Crippen molar-refractivity contribution < 1.29 is 29.4 Å². The average molecular weight is 422 g/mol. The summed E-state index contributed by atoms with van der Waals surface area (Å²) in [5.41, 5.74) is 10.8. The summed E-state index contributed by atoms with van der Waals surface area (Å²) in [6.45, 7) is -0.567. The predicted molar refractivity (Wildman–Crippen MR) is 105 cm³/mol. The van der Waals surface area contributed by atoms with Gasteiger partial charge in [-0.15, -0.1) is 0 Å². The molecule has 0 aromatic carbocycles. The first-order chi connectivity index (χ1) is 13.3. The third-order valence-corrected chi connectivity index (χ3v) is 4.42. The number of thioether (sulfide) groups is 1. The quantitative estimate of drug-likeness (QED) is 0.138. The van der Waals surface area contributed by atoms with Gasteiger partial charge in [0.25, 0.3) is 0 Å². The topological polar surface area (TPSA) is 197 Å². The van der Waals surface area contributed by atoms with Crippen molar-refractivity contribution in [2.75, 3.05) is 31.7 Å². The van der Waals surface area contributed by atoms with Crippen molar-refractivity contribution in [2.24, 2.45) is 11.5 Å². The fourth-order valence-electron chi connectivity index (χ4n) is 2.15. The van der Waals surface area contributed by atoms with Crippen LogP contribution in [0.1, 0.15) is 25.7 Å². The molecule has 0 fully saturated rings. The van der Waals surface area contributed by atoms with Gasteiger partial charge in [-0.25, -0.2) is 4.79 Å². The lowest BCUT2D eigenvalue weighted by molar-refractivity contribution is -0.142. The van der Waals surface area contributed by atoms with Crippen LogP contribution in [-0.4, -0.2) is 83.7 Å². The van der Waals surface area contributed by atoms with Crippen LogP contribution in [0.25, 0.3) is 0 Å². The summed E-state index contributed by atoms with van der Waals surface area (Å²) in [5.74, 6) is -2.53. The van der Waals surface area contributed by atoms with Gasteiger partial charge in [-0.3, -0.25) is 14.4 Å². The summed E-state index contributed by atoms with van der Waals surface area (Å²) < 4.78 is 0. The molecule has 3 atom stereocenters. The lowest BCUT2D eigenvalue weighted by Gasteiger charge is -2.20. The van der Waals surface area contributed by atoms with Crippen LogP contribution in [0, 0.1) is 0 Å². The van der Waals surface area contributed by atoms with E-state index in [1.807, 2.05) is 6.26 Å². The maximum absolute atomic E-state index is 12.3. The Balaban J connectivity index is 4.64. The molecule has 0 heterocycles. The highest BCUT2D eigenvalue weighted by Gasteiger charge is 2.24. The Bertz CT molecular complexity index is 522. The maximum Gasteiger partial charge on any atom is 0.326 e. The van der Waals surface area contributed by atoms with E-state index in [1.54, 1.807) is 0 Å². The number of carboxylic acid groups (broad SMARTS) is 1. The largest absolute Gasteiger partial charge is 0.480 e. The molecule has 0 rings (SSSR count). The molecule has 28 heavy (non-hydrogen) atoms. The van der Waals surface area contributed by atoms with E-state index < -0.39 is 55.0 Å². The molecule has 0 spiro atoms. The monoisotopic (exact) mass is 421 g/mol. The van der Waals surface area contributed by atoms with Crippen molar-refractivity contribution in [1.29, 1.82) is 0 Å². The van der Waals surface area contributed by atoms with Crippen LogP contribution in [-0.2, 0) is 19.2 Å². The van der Waals surface area contributed by atoms with Crippen molar-refractivity contribution in [3.63, 3.8) is 0 Å². The number of aliphatic hydroxyl groups is 1. The lowest BCUT2D eigenvalue weighted by atomic mass is 10.1. The van der Waals surface area contributed by atoms with E-state index in [-0.39, 0.29) is 6.42 Å². The van der Waals surface area contributed by atoms with Crippen LogP contribution in [0.3, 0.4) is 0 Å². The number of carbonyl (C=O) groups excluding carboxylic acids is 3. The molecule has 12 heteroatoms. The number of carbonyl (C=O) groups is 4. The minimum Gasteiger partial charge on any atom is -0.480 e. The Morgan fingerprint density at radius 3 is 2.25 bits per heavy atom. The van der Waals surface area contributed by atoms with Gasteiger partial charge in [0.1, 0.15) is 18.1 Å². The summed E-state index contributed by atoms with van der Waals surface area (Å²) in [7, 11) is 0. The molecule has 0 aliphatic heterocycles. The molecule has 162 valence electrons. The Labute approximate surface area is 168 Å². The Morgan fingerprint density at radius 1 is 1.04 bits per heavy atom. The Morgan fingerprint density at radius 2 is 1.71 bits per heavy atom. The van der Waals surface area contributed by atoms with Crippen molar-refractivity contribution in [3.8, 4) is 0 Å². The number of hydrogen-bond acceptors (Lipinski definition) is 8. The van der Waals surface area contributed by atoms with Crippen molar-refractivity contribution in [1.82, 2.24) is 16.0 Å². The maximum atomic E-state index is 12.3. The fourth-order valence-corrected chi connectivity index (χ4v) is 2.62. The number of nitrogens with one attached hydrogen (secondary N) is 3. The smallest absolute Gasteiger partial charge is 0.326 e. The second kappa shape index (κ2) is 15.1. The summed E-state index contributed by atoms with van der Waals surface area (Å²) in [6.07, 6.45) is 3.56. The summed E-state index contributed by atoms with van der Waals surface area (Å²) in [5, 5.41) is 25.2. The van der Waals surface area contributed by atoms with Crippen molar-refractivity contribution in [2.45, 2.75) is 43.8 Å². The summed E-state index contributed by atoms with van der Waals surface area (Å²) >= 11 is 1.47. The standard InChI is InChI=1S/C16H31N5O6S/c1-28-7-5-11(21-14(24)10(18)9-22)15(25)19-8-13(23)20-12(16(26)27)4-2-3-6-17/h10-12,22H,2-9,17-18H2,1H3,(H,19,25)(H,20,23)(H,21,24)(H,26,27). The third kappa shape index (κ3) is 11.1. The van der Waals surface area contributed by atoms with Crippen LogP contribution in [0.5, 0.6) is 0 Å². The number of carboxylic acids is 1. The molecular weight excluding hydrogens is 390 g/mol. The fraction of sp³-hybridized carbons (Fsp3) is 0.750. The number of amides is 3. The summed E-state index contributed by atoms with van der Waals surface area (Å²) in [4.78, 5) is 47.2. The molecule has 0 aromatic rings. The van der Waals surface area contributed by atoms with Crippen LogP contribution in [0.4, 0.5) is 0 Å². The molecule has 0 radical (unpaired) electrons. The zero-order valence-electron chi connectivity index (χ0n) is 16.0. The molecule has 11 nitrogen and oxygen atoms in total. The zero-order valence-corrected chi connectivity index (χ0v) is 16.8. The molecular formula is C16H31N5O6S. The number of nitrogens with two attached hydrogens (primary N) is 2. The van der Waals surface area contributed by atoms with E-state index in [2.05, 4.69) is 16.0 Å². The molecule has 3 amide bonds. The van der Waals surface area contributed by atoms with Gasteiger partial charge >= 0.3 is 5.97 Å². The van der Waals surface area contributed by atoms with E-state index in [9.17, 15) is 19.2 Å². The van der Waals surface area contributed by atoms with Crippen LogP contribution >= 0.6 is 11.8 Å². The number of rotatable bonds is 15. The highest BCUT2D eigenvalue weighted by molar-refractivity contribution is 7.98.